The molecule has 0 aliphatic carbocycles. The molecule has 0 saturated carbocycles. The van der Waals surface area contributed by atoms with E-state index in [-0.39, 0.29) is 17.9 Å². The van der Waals surface area contributed by atoms with E-state index in [1.165, 1.54) is 0 Å². The number of hydrogen-bond acceptors (Lipinski definition) is 2. The second kappa shape index (κ2) is 7.97. The number of likely N-dealkylation sites (tertiary alicyclic amines) is 1. The van der Waals surface area contributed by atoms with Crippen molar-refractivity contribution in [3.8, 4) is 0 Å². The van der Waals surface area contributed by atoms with E-state index in [9.17, 15) is 9.59 Å². The standard InChI is InChI=1S/C15H26N2O2/c1-4-8-14(18)17-10-7-6-9-13(17)15(19)16-11-12(3)5-2/h13H,3-11H2,1-2H3,(H,16,19). The molecule has 1 saturated heterocycles. The lowest BCUT2D eigenvalue weighted by molar-refractivity contribution is -0.142. The monoisotopic (exact) mass is 266 g/mol. The Morgan fingerprint density at radius 1 is 1.32 bits per heavy atom. The highest BCUT2D eigenvalue weighted by atomic mass is 16.2. The number of hydrogen-bond donors (Lipinski definition) is 1. The molecule has 2 amide bonds. The van der Waals surface area contributed by atoms with Gasteiger partial charge in [0.1, 0.15) is 6.04 Å². The molecule has 19 heavy (non-hydrogen) atoms. The molecule has 1 aliphatic heterocycles. The third-order valence-corrected chi connectivity index (χ3v) is 3.60. The molecule has 4 nitrogen and oxygen atoms in total. The van der Waals surface area contributed by atoms with Crippen LogP contribution in [0.15, 0.2) is 12.2 Å². The minimum absolute atomic E-state index is 0.0289. The Morgan fingerprint density at radius 3 is 2.68 bits per heavy atom. The Labute approximate surface area is 116 Å². The summed E-state index contributed by atoms with van der Waals surface area (Å²) < 4.78 is 0. The Balaban J connectivity index is 2.58. The molecule has 4 heteroatoms. The van der Waals surface area contributed by atoms with Crippen LogP contribution in [0.25, 0.3) is 0 Å². The van der Waals surface area contributed by atoms with Crippen molar-refractivity contribution in [1.82, 2.24) is 10.2 Å². The Hall–Kier alpha value is -1.32. The van der Waals surface area contributed by atoms with Crippen LogP contribution < -0.4 is 5.32 Å². The zero-order chi connectivity index (χ0) is 14.3. The third kappa shape index (κ3) is 4.69. The predicted octanol–water partition coefficient (Wildman–Crippen LogP) is 2.25. The van der Waals surface area contributed by atoms with Crippen LogP contribution in [0.4, 0.5) is 0 Å². The second-order valence-electron chi connectivity index (χ2n) is 5.17. The van der Waals surface area contributed by atoms with Gasteiger partial charge in [0.05, 0.1) is 0 Å². The van der Waals surface area contributed by atoms with Crippen LogP contribution in [0.3, 0.4) is 0 Å². The quantitative estimate of drug-likeness (QED) is 0.750. The highest BCUT2D eigenvalue weighted by Crippen LogP contribution is 2.18. The molecule has 0 radical (unpaired) electrons. The van der Waals surface area contributed by atoms with Crippen molar-refractivity contribution in [1.29, 1.82) is 0 Å². The van der Waals surface area contributed by atoms with Crippen LogP contribution in [-0.4, -0.2) is 35.8 Å². The van der Waals surface area contributed by atoms with Crippen LogP contribution in [0, 0.1) is 0 Å². The van der Waals surface area contributed by atoms with E-state index in [4.69, 9.17) is 0 Å². The van der Waals surface area contributed by atoms with Crippen LogP contribution >= 0.6 is 0 Å². The highest BCUT2D eigenvalue weighted by Gasteiger charge is 2.31. The predicted molar refractivity (Wildman–Crippen MR) is 76.7 cm³/mol. The van der Waals surface area contributed by atoms with Crippen molar-refractivity contribution >= 4 is 11.8 Å². The van der Waals surface area contributed by atoms with Gasteiger partial charge in [-0.15, -0.1) is 0 Å². The van der Waals surface area contributed by atoms with E-state index >= 15 is 0 Å². The molecule has 0 spiro atoms. The fourth-order valence-electron chi connectivity index (χ4n) is 2.32. The van der Waals surface area contributed by atoms with Gasteiger partial charge >= 0.3 is 0 Å². The third-order valence-electron chi connectivity index (χ3n) is 3.60. The van der Waals surface area contributed by atoms with Crippen molar-refractivity contribution in [2.45, 2.75) is 58.4 Å². The topological polar surface area (TPSA) is 49.4 Å². The first-order valence-electron chi connectivity index (χ1n) is 7.34. The number of piperidine rings is 1. The Kier molecular flexibility index (Phi) is 6.60. The zero-order valence-electron chi connectivity index (χ0n) is 12.2. The van der Waals surface area contributed by atoms with Gasteiger partial charge in [0.25, 0.3) is 0 Å². The van der Waals surface area contributed by atoms with E-state index in [1.807, 2.05) is 13.8 Å². The first-order valence-corrected chi connectivity index (χ1v) is 7.34. The lowest BCUT2D eigenvalue weighted by atomic mass is 10.0. The molecule has 1 heterocycles. The SMILES string of the molecule is C=C(CC)CNC(=O)C1CCCCN1C(=O)CCC. The molecule has 0 bridgehead atoms. The first kappa shape index (κ1) is 15.7. The average molecular weight is 266 g/mol. The summed E-state index contributed by atoms with van der Waals surface area (Å²) >= 11 is 0. The molecule has 108 valence electrons. The molecule has 0 aromatic carbocycles. The van der Waals surface area contributed by atoms with E-state index < -0.39 is 0 Å². The van der Waals surface area contributed by atoms with Gasteiger partial charge in [-0.2, -0.15) is 0 Å². The molecule has 1 aliphatic rings. The van der Waals surface area contributed by atoms with Gasteiger partial charge < -0.3 is 10.2 Å². The number of carbonyl (C=O) groups is 2. The van der Waals surface area contributed by atoms with Gasteiger partial charge in [0.15, 0.2) is 0 Å². The summed E-state index contributed by atoms with van der Waals surface area (Å²) in [5.74, 6) is 0.0791. The second-order valence-corrected chi connectivity index (χ2v) is 5.17. The van der Waals surface area contributed by atoms with E-state index in [1.54, 1.807) is 4.90 Å². The lowest BCUT2D eigenvalue weighted by Crippen LogP contribution is -2.52. The van der Waals surface area contributed by atoms with Gasteiger partial charge in [-0.05, 0) is 32.1 Å². The number of rotatable bonds is 6. The smallest absolute Gasteiger partial charge is 0.243 e. The molecule has 0 aromatic rings. The summed E-state index contributed by atoms with van der Waals surface area (Å²) in [6.45, 7) is 9.12. The van der Waals surface area contributed by atoms with Crippen molar-refractivity contribution in [2.24, 2.45) is 0 Å². The molecule has 1 unspecified atom stereocenters. The molecular formula is C15H26N2O2. The maximum Gasteiger partial charge on any atom is 0.243 e. The maximum absolute atomic E-state index is 12.2. The van der Waals surface area contributed by atoms with Gasteiger partial charge in [0, 0.05) is 19.5 Å². The summed E-state index contributed by atoms with van der Waals surface area (Å²) in [6, 6.07) is -0.280. The van der Waals surface area contributed by atoms with Gasteiger partial charge in [-0.1, -0.05) is 26.0 Å². The van der Waals surface area contributed by atoms with E-state index in [2.05, 4.69) is 11.9 Å². The molecular weight excluding hydrogens is 240 g/mol. The number of carbonyl (C=O) groups excluding carboxylic acids is 2. The van der Waals surface area contributed by atoms with Gasteiger partial charge in [-0.3, -0.25) is 9.59 Å². The van der Waals surface area contributed by atoms with Crippen LogP contribution in [0.2, 0.25) is 0 Å². The highest BCUT2D eigenvalue weighted by molar-refractivity contribution is 5.88. The van der Waals surface area contributed by atoms with Crippen molar-refractivity contribution < 1.29 is 9.59 Å². The summed E-state index contributed by atoms with van der Waals surface area (Å²) in [6.07, 6.45) is 5.02. The van der Waals surface area contributed by atoms with Crippen molar-refractivity contribution in [2.75, 3.05) is 13.1 Å². The number of amides is 2. The van der Waals surface area contributed by atoms with Crippen LogP contribution in [0.5, 0.6) is 0 Å². The number of nitrogens with zero attached hydrogens (tertiary/aromatic N) is 1. The largest absolute Gasteiger partial charge is 0.351 e. The first-order chi connectivity index (χ1) is 9.10. The van der Waals surface area contributed by atoms with Crippen LogP contribution in [-0.2, 0) is 9.59 Å². The minimum atomic E-state index is -0.280. The van der Waals surface area contributed by atoms with Crippen LogP contribution in [0.1, 0.15) is 52.4 Å². The summed E-state index contributed by atoms with van der Waals surface area (Å²) in [7, 11) is 0. The minimum Gasteiger partial charge on any atom is -0.351 e. The van der Waals surface area contributed by atoms with Crippen molar-refractivity contribution in [3.63, 3.8) is 0 Å². The Bertz CT molecular complexity index is 339. The lowest BCUT2D eigenvalue weighted by Gasteiger charge is -2.34. The molecule has 1 rings (SSSR count). The molecule has 1 fully saturated rings. The fourth-order valence-corrected chi connectivity index (χ4v) is 2.32. The van der Waals surface area contributed by atoms with E-state index in [0.29, 0.717) is 19.5 Å². The normalized spacial score (nSPS) is 19.1. The summed E-state index contributed by atoms with van der Waals surface area (Å²) in [5, 5.41) is 2.90. The van der Waals surface area contributed by atoms with Gasteiger partial charge in [-0.25, -0.2) is 0 Å². The maximum atomic E-state index is 12.2. The average Bonchev–Trinajstić information content (AvgIpc) is 2.44. The molecule has 1 atom stereocenters. The number of nitrogens with one attached hydrogen (secondary N) is 1. The van der Waals surface area contributed by atoms with Gasteiger partial charge in [0.2, 0.25) is 11.8 Å². The summed E-state index contributed by atoms with van der Waals surface area (Å²) in [4.78, 5) is 26.0. The Morgan fingerprint density at radius 2 is 2.05 bits per heavy atom. The summed E-state index contributed by atoms with van der Waals surface area (Å²) in [5.41, 5.74) is 1.01. The fraction of sp³-hybridized carbons (Fsp3) is 0.733. The van der Waals surface area contributed by atoms with E-state index in [0.717, 1.165) is 37.7 Å². The molecule has 0 aromatic heterocycles. The zero-order valence-corrected chi connectivity index (χ0v) is 12.2. The molecule has 1 N–H and O–H groups in total. The van der Waals surface area contributed by atoms with Crippen molar-refractivity contribution in [3.05, 3.63) is 12.2 Å².